The summed E-state index contributed by atoms with van der Waals surface area (Å²) in [5, 5.41) is 3.45. The van der Waals surface area contributed by atoms with Gasteiger partial charge in [-0.15, -0.1) is 0 Å². The Morgan fingerprint density at radius 2 is 2.25 bits per heavy atom. The molecule has 3 rings (SSSR count). The molecule has 0 saturated carbocycles. The minimum Gasteiger partial charge on any atom is -0.375 e. The first-order valence-electron chi connectivity index (χ1n) is 7.48. The van der Waals surface area contributed by atoms with Gasteiger partial charge in [0.15, 0.2) is 0 Å². The molecule has 20 heavy (non-hydrogen) atoms. The number of ether oxygens (including phenoxy) is 1. The van der Waals surface area contributed by atoms with E-state index in [-0.39, 0.29) is 5.60 Å². The highest BCUT2D eigenvalue weighted by Crippen LogP contribution is 2.43. The van der Waals surface area contributed by atoms with Crippen LogP contribution in [0.3, 0.4) is 0 Å². The van der Waals surface area contributed by atoms with Crippen LogP contribution < -0.4 is 5.32 Å². The van der Waals surface area contributed by atoms with E-state index in [4.69, 9.17) is 4.74 Å². The summed E-state index contributed by atoms with van der Waals surface area (Å²) in [4.78, 5) is 8.70. The van der Waals surface area contributed by atoms with Gasteiger partial charge < -0.3 is 10.1 Å². The first-order chi connectivity index (χ1) is 9.83. The van der Waals surface area contributed by atoms with E-state index in [1.54, 1.807) is 12.4 Å². The first kappa shape index (κ1) is 14.3. The molecule has 2 fully saturated rings. The highest BCUT2D eigenvalue weighted by molar-refractivity contribution is 7.99. The van der Waals surface area contributed by atoms with Crippen LogP contribution in [0.1, 0.15) is 37.4 Å². The van der Waals surface area contributed by atoms with Crippen LogP contribution in [0.4, 0.5) is 0 Å². The first-order valence-corrected chi connectivity index (χ1v) is 8.63. The van der Waals surface area contributed by atoms with Gasteiger partial charge in [0.1, 0.15) is 0 Å². The van der Waals surface area contributed by atoms with Crippen molar-refractivity contribution in [1.82, 2.24) is 15.3 Å². The van der Waals surface area contributed by atoms with Gasteiger partial charge in [-0.05, 0) is 50.2 Å². The lowest BCUT2D eigenvalue weighted by molar-refractivity contribution is -0.107. The van der Waals surface area contributed by atoms with Crippen LogP contribution in [0, 0.1) is 5.92 Å². The molecule has 2 saturated heterocycles. The number of hydrogen-bond acceptors (Lipinski definition) is 5. The SMILES string of the molecule is CNC(c1cnccn1)C1CCOC2(CCSCC2)C1. The molecule has 0 amide bonds. The second-order valence-electron chi connectivity index (χ2n) is 5.79. The molecule has 110 valence electrons. The molecular formula is C15H23N3OS. The molecule has 2 unspecified atom stereocenters. The van der Waals surface area contributed by atoms with Crippen molar-refractivity contribution in [3.05, 3.63) is 24.3 Å². The summed E-state index contributed by atoms with van der Waals surface area (Å²) in [6, 6.07) is 0.291. The van der Waals surface area contributed by atoms with Gasteiger partial charge in [0, 0.05) is 25.2 Å². The molecule has 0 aromatic carbocycles. The Morgan fingerprint density at radius 1 is 1.40 bits per heavy atom. The number of nitrogens with one attached hydrogen (secondary N) is 1. The normalized spacial score (nSPS) is 27.4. The molecule has 1 aromatic rings. The van der Waals surface area contributed by atoms with Crippen LogP contribution in [-0.4, -0.2) is 40.7 Å². The summed E-state index contributed by atoms with van der Waals surface area (Å²) in [5.41, 5.74) is 1.19. The summed E-state index contributed by atoms with van der Waals surface area (Å²) in [5.74, 6) is 3.07. The van der Waals surface area contributed by atoms with Gasteiger partial charge in [0.2, 0.25) is 0 Å². The minimum absolute atomic E-state index is 0.130. The monoisotopic (exact) mass is 293 g/mol. The molecule has 0 radical (unpaired) electrons. The molecule has 5 heteroatoms. The number of thioether (sulfide) groups is 1. The molecule has 0 bridgehead atoms. The zero-order valence-corrected chi connectivity index (χ0v) is 12.9. The lowest BCUT2D eigenvalue weighted by Gasteiger charge is -2.45. The van der Waals surface area contributed by atoms with Gasteiger partial charge in [-0.3, -0.25) is 9.97 Å². The van der Waals surface area contributed by atoms with Crippen LogP contribution in [0.25, 0.3) is 0 Å². The van der Waals surface area contributed by atoms with Gasteiger partial charge in [-0.25, -0.2) is 0 Å². The van der Waals surface area contributed by atoms with Crippen LogP contribution in [0.15, 0.2) is 18.6 Å². The molecule has 4 nitrogen and oxygen atoms in total. The van der Waals surface area contributed by atoms with E-state index in [1.165, 1.54) is 24.3 Å². The Bertz CT molecular complexity index is 417. The molecule has 3 heterocycles. The lowest BCUT2D eigenvalue weighted by atomic mass is 9.78. The molecule has 2 aliphatic rings. The average molecular weight is 293 g/mol. The van der Waals surface area contributed by atoms with Crippen molar-refractivity contribution in [3.63, 3.8) is 0 Å². The van der Waals surface area contributed by atoms with E-state index in [0.29, 0.717) is 12.0 Å². The van der Waals surface area contributed by atoms with Crippen molar-refractivity contribution < 1.29 is 4.74 Å². The smallest absolute Gasteiger partial charge is 0.0758 e. The van der Waals surface area contributed by atoms with E-state index in [0.717, 1.165) is 25.1 Å². The van der Waals surface area contributed by atoms with E-state index in [9.17, 15) is 0 Å². The van der Waals surface area contributed by atoms with E-state index in [1.807, 2.05) is 13.2 Å². The zero-order valence-electron chi connectivity index (χ0n) is 12.0. The molecule has 2 atom stereocenters. The van der Waals surface area contributed by atoms with Crippen molar-refractivity contribution >= 4 is 11.8 Å². The third-order valence-corrected chi connectivity index (χ3v) is 5.60. The zero-order chi connectivity index (χ0) is 13.8. The lowest BCUT2D eigenvalue weighted by Crippen LogP contribution is -2.45. The summed E-state index contributed by atoms with van der Waals surface area (Å²) >= 11 is 2.06. The van der Waals surface area contributed by atoms with Crippen LogP contribution in [0.5, 0.6) is 0 Å². The van der Waals surface area contributed by atoms with Crippen molar-refractivity contribution in [1.29, 1.82) is 0 Å². The summed E-state index contributed by atoms with van der Waals surface area (Å²) in [6.45, 7) is 0.883. The number of aromatic nitrogens is 2. The number of nitrogens with zero attached hydrogens (tertiary/aromatic N) is 2. The van der Waals surface area contributed by atoms with Crippen LogP contribution in [-0.2, 0) is 4.74 Å². The van der Waals surface area contributed by atoms with Gasteiger partial charge in [0.25, 0.3) is 0 Å². The fourth-order valence-corrected chi connectivity index (χ4v) is 4.78. The van der Waals surface area contributed by atoms with Crippen molar-refractivity contribution in [2.75, 3.05) is 25.2 Å². The molecule has 1 N–H and O–H groups in total. The fourth-order valence-electron chi connectivity index (χ4n) is 3.54. The van der Waals surface area contributed by atoms with Gasteiger partial charge >= 0.3 is 0 Å². The Hall–Kier alpha value is -0.650. The second-order valence-corrected chi connectivity index (χ2v) is 7.02. The Kier molecular flexibility index (Phi) is 4.58. The van der Waals surface area contributed by atoms with Crippen molar-refractivity contribution in [2.24, 2.45) is 5.92 Å². The summed E-state index contributed by atoms with van der Waals surface area (Å²) in [6.07, 6.45) is 10.1. The predicted octanol–water partition coefficient (Wildman–Crippen LogP) is 2.43. The minimum atomic E-state index is 0.130. The molecule has 1 spiro atoms. The number of rotatable bonds is 3. The van der Waals surface area contributed by atoms with Crippen molar-refractivity contribution in [3.8, 4) is 0 Å². The summed E-state index contributed by atoms with van der Waals surface area (Å²) in [7, 11) is 2.03. The highest BCUT2D eigenvalue weighted by Gasteiger charge is 2.41. The second kappa shape index (κ2) is 6.41. The molecule has 2 aliphatic heterocycles. The van der Waals surface area contributed by atoms with E-state index >= 15 is 0 Å². The fraction of sp³-hybridized carbons (Fsp3) is 0.733. The number of hydrogen-bond donors (Lipinski definition) is 1. The van der Waals surface area contributed by atoms with E-state index < -0.39 is 0 Å². The third-order valence-electron chi connectivity index (χ3n) is 4.62. The largest absolute Gasteiger partial charge is 0.375 e. The standard InChI is InChI=1S/C15H23N3OS/c1-16-14(13-11-17-5-6-18-13)12-2-7-19-15(10-12)3-8-20-9-4-15/h5-6,11-12,14,16H,2-4,7-10H2,1H3. The molecular weight excluding hydrogens is 270 g/mol. The topological polar surface area (TPSA) is 47.0 Å². The highest BCUT2D eigenvalue weighted by atomic mass is 32.2. The quantitative estimate of drug-likeness (QED) is 0.927. The van der Waals surface area contributed by atoms with Gasteiger partial charge in [0.05, 0.1) is 17.3 Å². The maximum Gasteiger partial charge on any atom is 0.0758 e. The Labute approximate surface area is 125 Å². The summed E-state index contributed by atoms with van der Waals surface area (Å²) < 4.78 is 6.19. The molecule has 0 aliphatic carbocycles. The van der Waals surface area contributed by atoms with Gasteiger partial charge in [-0.2, -0.15) is 11.8 Å². The Morgan fingerprint density at radius 3 is 2.95 bits per heavy atom. The van der Waals surface area contributed by atoms with Crippen molar-refractivity contribution in [2.45, 2.75) is 37.3 Å². The van der Waals surface area contributed by atoms with E-state index in [2.05, 4.69) is 27.0 Å². The predicted molar refractivity (Wildman–Crippen MR) is 81.8 cm³/mol. The van der Waals surface area contributed by atoms with Crippen LogP contribution >= 0.6 is 11.8 Å². The average Bonchev–Trinajstić information content (AvgIpc) is 2.50. The third kappa shape index (κ3) is 3.00. The molecule has 1 aromatic heterocycles. The maximum atomic E-state index is 6.19. The van der Waals surface area contributed by atoms with Crippen LogP contribution in [0.2, 0.25) is 0 Å². The maximum absolute atomic E-state index is 6.19. The Balaban J connectivity index is 1.75. The van der Waals surface area contributed by atoms with Gasteiger partial charge in [-0.1, -0.05) is 0 Å².